The Bertz CT molecular complexity index is 1010. The number of nitrogens with zero attached hydrogens (tertiary/aromatic N) is 2. The Balaban J connectivity index is 1.72. The zero-order valence-electron chi connectivity index (χ0n) is 21.5. The maximum Gasteiger partial charge on any atom is 0.264 e. The number of aliphatic hydroxyl groups is 2. The fourth-order valence-corrected chi connectivity index (χ4v) is 5.00. The number of aliphatic hydroxyl groups excluding tert-OH is 1. The molecule has 2 aliphatic heterocycles. The molecule has 0 saturated carbocycles. The summed E-state index contributed by atoms with van der Waals surface area (Å²) < 4.78 is 0. The lowest BCUT2D eigenvalue weighted by molar-refractivity contribution is -0.139. The van der Waals surface area contributed by atoms with Crippen molar-refractivity contribution in [3.8, 4) is 0 Å². The molecule has 2 amide bonds. The quantitative estimate of drug-likeness (QED) is 0.484. The number of para-hydroxylation sites is 1. The third-order valence-corrected chi connectivity index (χ3v) is 7.17. The minimum absolute atomic E-state index is 0.0183. The van der Waals surface area contributed by atoms with Crippen LogP contribution in [0.2, 0.25) is 0 Å². The van der Waals surface area contributed by atoms with Gasteiger partial charge in [0.25, 0.3) is 5.91 Å². The number of hydrogen-bond donors (Lipinski definition) is 2. The number of benzene rings is 1. The third kappa shape index (κ3) is 5.93. The summed E-state index contributed by atoms with van der Waals surface area (Å²) in [5, 5.41) is 21.1. The van der Waals surface area contributed by atoms with Crippen LogP contribution < -0.4 is 4.90 Å². The standard InChI is InChI=1S/C29H40N2O4/c1-21(2)10-7-11-22(3)17-19-31-26-15-6-5-14-25(26)29(35,28(31)34)23(4)12-8-16-27(33)30-18-9-13-24(30)20-32/h5-6,8,10,12,14-15,17,23-24,32,35H,7,9,11,13,16,18-20H2,1-4H3/b12-8+,22-17+/t23-,24-,29+/m0/s1. The number of carbonyl (C=O) groups is 2. The second kappa shape index (κ2) is 11.8. The first-order valence-electron chi connectivity index (χ1n) is 12.7. The number of likely N-dealkylation sites (tertiary alicyclic amines) is 1. The average Bonchev–Trinajstić information content (AvgIpc) is 3.40. The zero-order valence-corrected chi connectivity index (χ0v) is 21.5. The van der Waals surface area contributed by atoms with Crippen molar-refractivity contribution < 1.29 is 19.8 Å². The molecule has 6 heteroatoms. The number of hydrogen-bond acceptors (Lipinski definition) is 4. The summed E-state index contributed by atoms with van der Waals surface area (Å²) in [5.41, 5.74) is 2.15. The van der Waals surface area contributed by atoms with Gasteiger partial charge in [0, 0.05) is 31.0 Å². The summed E-state index contributed by atoms with van der Waals surface area (Å²) in [6.45, 7) is 9.11. The van der Waals surface area contributed by atoms with Gasteiger partial charge in [0.1, 0.15) is 0 Å². The summed E-state index contributed by atoms with van der Waals surface area (Å²) in [4.78, 5) is 29.5. The fraction of sp³-hybridized carbons (Fsp3) is 0.517. The van der Waals surface area contributed by atoms with E-state index in [0.29, 0.717) is 18.7 Å². The van der Waals surface area contributed by atoms with Gasteiger partial charge in [0.2, 0.25) is 5.91 Å². The smallest absolute Gasteiger partial charge is 0.264 e. The fourth-order valence-electron chi connectivity index (χ4n) is 5.00. The van der Waals surface area contributed by atoms with Crippen molar-refractivity contribution in [2.24, 2.45) is 5.92 Å². The maximum atomic E-state index is 13.5. The van der Waals surface area contributed by atoms with Gasteiger partial charge in [-0.2, -0.15) is 0 Å². The molecule has 1 aromatic rings. The lowest BCUT2D eigenvalue weighted by Crippen LogP contribution is -2.44. The summed E-state index contributed by atoms with van der Waals surface area (Å²) in [7, 11) is 0. The Morgan fingerprint density at radius 2 is 1.97 bits per heavy atom. The molecule has 1 aromatic carbocycles. The minimum Gasteiger partial charge on any atom is -0.394 e. The monoisotopic (exact) mass is 480 g/mol. The molecule has 1 fully saturated rings. The van der Waals surface area contributed by atoms with Crippen molar-refractivity contribution >= 4 is 17.5 Å². The highest BCUT2D eigenvalue weighted by Gasteiger charge is 2.52. The molecule has 3 rings (SSSR count). The van der Waals surface area contributed by atoms with E-state index in [9.17, 15) is 19.8 Å². The first-order valence-corrected chi connectivity index (χ1v) is 12.7. The van der Waals surface area contributed by atoms with Crippen molar-refractivity contribution in [2.45, 2.75) is 71.4 Å². The predicted molar refractivity (Wildman–Crippen MR) is 140 cm³/mol. The van der Waals surface area contributed by atoms with Crippen LogP contribution in [0.3, 0.4) is 0 Å². The molecule has 0 aliphatic carbocycles. The lowest BCUT2D eigenvalue weighted by atomic mass is 9.83. The molecule has 0 unspecified atom stereocenters. The van der Waals surface area contributed by atoms with Crippen LogP contribution in [0.25, 0.3) is 0 Å². The molecule has 0 radical (unpaired) electrons. The molecule has 0 bridgehead atoms. The number of rotatable bonds is 10. The topological polar surface area (TPSA) is 81.1 Å². The molecule has 2 heterocycles. The van der Waals surface area contributed by atoms with Gasteiger partial charge in [-0.15, -0.1) is 0 Å². The predicted octanol–water partition coefficient (Wildman–Crippen LogP) is 4.48. The summed E-state index contributed by atoms with van der Waals surface area (Å²) in [6.07, 6.45) is 11.6. The third-order valence-electron chi connectivity index (χ3n) is 7.17. The number of anilines is 1. The minimum atomic E-state index is -1.68. The molecule has 2 aliphatic rings. The van der Waals surface area contributed by atoms with Crippen molar-refractivity contribution in [1.29, 1.82) is 0 Å². The van der Waals surface area contributed by atoms with E-state index in [1.54, 1.807) is 22.0 Å². The van der Waals surface area contributed by atoms with Crippen LogP contribution in [0.15, 0.2) is 59.7 Å². The van der Waals surface area contributed by atoms with Gasteiger partial charge in [0.15, 0.2) is 5.60 Å². The second-order valence-corrected chi connectivity index (χ2v) is 10.1. The van der Waals surface area contributed by atoms with E-state index in [1.165, 1.54) is 11.1 Å². The summed E-state index contributed by atoms with van der Waals surface area (Å²) >= 11 is 0. The Morgan fingerprint density at radius 3 is 2.69 bits per heavy atom. The van der Waals surface area contributed by atoms with Gasteiger partial charge in [-0.05, 0) is 52.5 Å². The largest absolute Gasteiger partial charge is 0.394 e. The Hall–Kier alpha value is -2.70. The molecule has 2 N–H and O–H groups in total. The molecule has 0 aromatic heterocycles. The van der Waals surface area contributed by atoms with E-state index in [2.05, 4.69) is 32.9 Å². The van der Waals surface area contributed by atoms with Crippen molar-refractivity contribution in [3.05, 3.63) is 65.3 Å². The zero-order chi connectivity index (χ0) is 25.6. The Kier molecular flexibility index (Phi) is 9.09. The molecule has 190 valence electrons. The number of amides is 2. The Morgan fingerprint density at radius 1 is 1.23 bits per heavy atom. The van der Waals surface area contributed by atoms with Gasteiger partial charge in [0.05, 0.1) is 18.3 Å². The van der Waals surface area contributed by atoms with E-state index < -0.39 is 11.5 Å². The summed E-state index contributed by atoms with van der Waals surface area (Å²) in [6, 6.07) is 7.30. The van der Waals surface area contributed by atoms with Crippen LogP contribution in [0.1, 0.15) is 65.4 Å². The van der Waals surface area contributed by atoms with Crippen LogP contribution in [0, 0.1) is 5.92 Å². The number of fused-ring (bicyclic) bond motifs is 1. The van der Waals surface area contributed by atoms with Crippen molar-refractivity contribution in [1.82, 2.24) is 4.90 Å². The van der Waals surface area contributed by atoms with Crippen LogP contribution >= 0.6 is 0 Å². The van der Waals surface area contributed by atoms with Gasteiger partial charge >= 0.3 is 0 Å². The maximum absolute atomic E-state index is 13.5. The van der Waals surface area contributed by atoms with E-state index in [-0.39, 0.29) is 30.9 Å². The first-order chi connectivity index (χ1) is 16.7. The summed E-state index contributed by atoms with van der Waals surface area (Å²) in [5.74, 6) is -0.884. The SMILES string of the molecule is CC(C)=CCC/C(C)=C/CN1C(=O)[C@@](O)([C@@H](C)/C=C/CC(=O)N2CCC[C@H]2CO)c2ccccc21. The molecule has 3 atom stereocenters. The average molecular weight is 481 g/mol. The molecular formula is C29H40N2O4. The number of carbonyl (C=O) groups excluding carboxylic acids is 2. The van der Waals surface area contributed by atoms with Crippen LogP contribution in [0.5, 0.6) is 0 Å². The molecule has 0 spiro atoms. The highest BCUT2D eigenvalue weighted by Crippen LogP contribution is 2.45. The van der Waals surface area contributed by atoms with E-state index >= 15 is 0 Å². The van der Waals surface area contributed by atoms with Gasteiger partial charge in [-0.1, -0.05) is 60.6 Å². The van der Waals surface area contributed by atoms with E-state index in [1.807, 2.05) is 31.2 Å². The van der Waals surface area contributed by atoms with Gasteiger partial charge in [-0.25, -0.2) is 0 Å². The lowest BCUT2D eigenvalue weighted by Gasteiger charge is -2.27. The molecule has 35 heavy (non-hydrogen) atoms. The van der Waals surface area contributed by atoms with Crippen LogP contribution in [0.4, 0.5) is 5.69 Å². The molecular weight excluding hydrogens is 440 g/mol. The van der Waals surface area contributed by atoms with Crippen LogP contribution in [-0.4, -0.2) is 52.7 Å². The van der Waals surface area contributed by atoms with E-state index in [0.717, 1.165) is 31.4 Å². The highest BCUT2D eigenvalue weighted by molar-refractivity contribution is 6.07. The van der Waals surface area contributed by atoms with Crippen LogP contribution in [-0.2, 0) is 15.2 Å². The normalized spacial score (nSPS) is 23.2. The second-order valence-electron chi connectivity index (χ2n) is 10.1. The molecule has 6 nitrogen and oxygen atoms in total. The van der Waals surface area contributed by atoms with Crippen molar-refractivity contribution in [2.75, 3.05) is 24.6 Å². The highest BCUT2D eigenvalue weighted by atomic mass is 16.3. The van der Waals surface area contributed by atoms with E-state index in [4.69, 9.17) is 0 Å². The first kappa shape index (κ1) is 26.9. The number of allylic oxidation sites excluding steroid dienone is 3. The van der Waals surface area contributed by atoms with Crippen molar-refractivity contribution in [3.63, 3.8) is 0 Å². The van der Waals surface area contributed by atoms with Gasteiger partial charge < -0.3 is 20.0 Å². The van der Waals surface area contributed by atoms with Gasteiger partial charge in [-0.3, -0.25) is 9.59 Å². The molecule has 1 saturated heterocycles. The Labute approximate surface area is 209 Å².